The first-order chi connectivity index (χ1) is 22.8. The molecule has 0 aliphatic heterocycles. The topological polar surface area (TPSA) is 0 Å². The predicted octanol–water partition coefficient (Wildman–Crippen LogP) is 13.0. The van der Waals surface area contributed by atoms with Crippen LogP contribution >= 0.6 is 0 Å². The second kappa shape index (κ2) is 10.9. The molecule has 0 unspecified atom stereocenters. The Morgan fingerprint density at radius 2 is 0.696 bits per heavy atom. The molecular weight excluding hydrogens is 553 g/mol. The number of benzene rings is 9. The van der Waals surface area contributed by atoms with Crippen LogP contribution in [0, 0.1) is 0 Å². The van der Waals surface area contributed by atoms with Crippen molar-refractivity contribution in [2.75, 3.05) is 0 Å². The van der Waals surface area contributed by atoms with Crippen LogP contribution in [0.25, 0.3) is 87.6 Å². The summed E-state index contributed by atoms with van der Waals surface area (Å²) in [5.41, 5.74) is 10.0. The van der Waals surface area contributed by atoms with Crippen molar-refractivity contribution in [2.45, 2.75) is 0 Å². The number of fused-ring (bicyclic) bond motifs is 4. The lowest BCUT2D eigenvalue weighted by molar-refractivity contribution is 1.62. The summed E-state index contributed by atoms with van der Waals surface area (Å²) in [7, 11) is 0. The van der Waals surface area contributed by atoms with Gasteiger partial charge in [-0.15, -0.1) is 0 Å². The molecule has 0 atom stereocenters. The maximum atomic E-state index is 2.36. The Labute approximate surface area is 268 Å². The molecule has 0 spiro atoms. The fourth-order valence-electron chi connectivity index (χ4n) is 7.35. The third-order valence-corrected chi connectivity index (χ3v) is 9.44. The third-order valence-electron chi connectivity index (χ3n) is 9.44. The van der Waals surface area contributed by atoms with Crippen LogP contribution in [0.4, 0.5) is 0 Å². The van der Waals surface area contributed by atoms with Gasteiger partial charge in [0, 0.05) is 0 Å². The molecular formula is C46H30. The first-order valence-corrected chi connectivity index (χ1v) is 15.9. The van der Waals surface area contributed by atoms with Gasteiger partial charge < -0.3 is 0 Å². The Morgan fingerprint density at radius 3 is 1.43 bits per heavy atom. The first kappa shape index (κ1) is 26.4. The Balaban J connectivity index is 1.31. The monoisotopic (exact) mass is 582 g/mol. The lowest BCUT2D eigenvalue weighted by Gasteiger charge is -2.20. The fourth-order valence-corrected chi connectivity index (χ4v) is 7.35. The summed E-state index contributed by atoms with van der Waals surface area (Å²) in [4.78, 5) is 0. The largest absolute Gasteiger partial charge is 0.0616 e. The third kappa shape index (κ3) is 4.30. The van der Waals surface area contributed by atoms with E-state index in [0.717, 1.165) is 0 Å². The molecule has 0 aromatic heterocycles. The number of hydrogen-bond donors (Lipinski definition) is 0. The van der Waals surface area contributed by atoms with Gasteiger partial charge >= 0.3 is 0 Å². The van der Waals surface area contributed by atoms with Gasteiger partial charge in [0.25, 0.3) is 0 Å². The fraction of sp³-hybridized carbons (Fsp3) is 0. The van der Waals surface area contributed by atoms with E-state index in [0.29, 0.717) is 0 Å². The first-order valence-electron chi connectivity index (χ1n) is 15.9. The lowest BCUT2D eigenvalue weighted by atomic mass is 9.83. The standard InChI is InChI=1S/C46H30/c1-2-15-33-29-35(28-27-31(33)13-1)34-17-11-18-36(30-34)45-41-22-7-9-24-43(41)46(44-25-10-8-23-42(44)45)40-21-6-5-20-39(40)38-26-12-16-32-14-3-4-19-37(32)38/h1-30H. The van der Waals surface area contributed by atoms with E-state index in [1.54, 1.807) is 0 Å². The molecule has 214 valence electrons. The predicted molar refractivity (Wildman–Crippen MR) is 198 cm³/mol. The maximum Gasteiger partial charge on any atom is -0.00201 e. The summed E-state index contributed by atoms with van der Waals surface area (Å²) >= 11 is 0. The quantitative estimate of drug-likeness (QED) is 0.181. The van der Waals surface area contributed by atoms with Gasteiger partial charge in [0.2, 0.25) is 0 Å². The van der Waals surface area contributed by atoms with Gasteiger partial charge in [0.15, 0.2) is 0 Å². The van der Waals surface area contributed by atoms with Crippen molar-refractivity contribution in [2.24, 2.45) is 0 Å². The molecule has 0 saturated carbocycles. The van der Waals surface area contributed by atoms with Crippen LogP contribution in [0.1, 0.15) is 0 Å². The van der Waals surface area contributed by atoms with Crippen LogP contribution < -0.4 is 0 Å². The van der Waals surface area contributed by atoms with Crippen molar-refractivity contribution < 1.29 is 0 Å². The zero-order valence-corrected chi connectivity index (χ0v) is 25.3. The Kier molecular flexibility index (Phi) is 6.25. The van der Waals surface area contributed by atoms with Crippen molar-refractivity contribution in [3.63, 3.8) is 0 Å². The Bertz CT molecular complexity index is 2520. The molecule has 0 fully saturated rings. The zero-order valence-electron chi connectivity index (χ0n) is 25.3. The zero-order chi connectivity index (χ0) is 30.5. The molecule has 0 radical (unpaired) electrons. The highest BCUT2D eigenvalue weighted by atomic mass is 14.2. The van der Waals surface area contributed by atoms with E-state index < -0.39 is 0 Å². The Hall–Kier alpha value is -5.98. The average Bonchev–Trinajstić information content (AvgIpc) is 3.13. The lowest BCUT2D eigenvalue weighted by Crippen LogP contribution is -1.93. The minimum absolute atomic E-state index is 1.22. The van der Waals surface area contributed by atoms with Crippen LogP contribution in [0.3, 0.4) is 0 Å². The van der Waals surface area contributed by atoms with Crippen molar-refractivity contribution >= 4 is 43.1 Å². The van der Waals surface area contributed by atoms with Crippen molar-refractivity contribution in [1.82, 2.24) is 0 Å². The number of rotatable bonds is 4. The molecule has 9 aromatic rings. The molecule has 0 amide bonds. The molecule has 0 bridgehead atoms. The van der Waals surface area contributed by atoms with E-state index in [1.807, 2.05) is 0 Å². The van der Waals surface area contributed by atoms with Gasteiger partial charge in [0.05, 0.1) is 0 Å². The normalized spacial score (nSPS) is 11.5. The van der Waals surface area contributed by atoms with Gasteiger partial charge in [-0.1, -0.05) is 170 Å². The molecule has 0 aliphatic carbocycles. The molecule has 0 aliphatic rings. The van der Waals surface area contributed by atoms with Gasteiger partial charge in [-0.2, -0.15) is 0 Å². The second-order valence-corrected chi connectivity index (χ2v) is 12.1. The van der Waals surface area contributed by atoms with E-state index in [4.69, 9.17) is 0 Å². The molecule has 0 nitrogen and oxygen atoms in total. The molecule has 0 N–H and O–H groups in total. The van der Waals surface area contributed by atoms with Crippen LogP contribution in [-0.2, 0) is 0 Å². The average molecular weight is 583 g/mol. The minimum atomic E-state index is 1.22. The molecule has 0 heteroatoms. The summed E-state index contributed by atoms with van der Waals surface area (Å²) in [6, 6.07) is 66.6. The highest BCUT2D eigenvalue weighted by molar-refractivity contribution is 6.23. The van der Waals surface area contributed by atoms with Crippen molar-refractivity contribution in [3.05, 3.63) is 182 Å². The van der Waals surface area contributed by atoms with Gasteiger partial charge in [0.1, 0.15) is 0 Å². The highest BCUT2D eigenvalue weighted by Crippen LogP contribution is 2.47. The van der Waals surface area contributed by atoms with Crippen LogP contribution in [-0.4, -0.2) is 0 Å². The van der Waals surface area contributed by atoms with E-state index in [-0.39, 0.29) is 0 Å². The smallest absolute Gasteiger partial charge is 0.00201 e. The van der Waals surface area contributed by atoms with E-state index in [1.165, 1.54) is 87.6 Å². The molecule has 46 heavy (non-hydrogen) atoms. The Morgan fingerprint density at radius 1 is 0.217 bits per heavy atom. The van der Waals surface area contributed by atoms with Crippen molar-refractivity contribution in [3.8, 4) is 44.5 Å². The summed E-state index contributed by atoms with van der Waals surface area (Å²) in [6.07, 6.45) is 0. The van der Waals surface area contributed by atoms with Gasteiger partial charge in [-0.3, -0.25) is 0 Å². The summed E-state index contributed by atoms with van der Waals surface area (Å²) in [5.74, 6) is 0. The summed E-state index contributed by atoms with van der Waals surface area (Å²) in [6.45, 7) is 0. The van der Waals surface area contributed by atoms with Crippen LogP contribution in [0.15, 0.2) is 182 Å². The minimum Gasteiger partial charge on any atom is -0.0616 e. The van der Waals surface area contributed by atoms with Crippen LogP contribution in [0.5, 0.6) is 0 Å². The van der Waals surface area contributed by atoms with E-state index >= 15 is 0 Å². The van der Waals surface area contributed by atoms with Crippen molar-refractivity contribution in [1.29, 1.82) is 0 Å². The molecule has 0 heterocycles. The molecule has 0 saturated heterocycles. The highest BCUT2D eigenvalue weighted by Gasteiger charge is 2.19. The van der Waals surface area contributed by atoms with Gasteiger partial charge in [-0.05, 0) is 99.7 Å². The van der Waals surface area contributed by atoms with Gasteiger partial charge in [-0.25, -0.2) is 0 Å². The maximum absolute atomic E-state index is 2.36. The summed E-state index contributed by atoms with van der Waals surface area (Å²) in [5, 5.41) is 10.1. The SMILES string of the molecule is c1cc(-c2ccc3ccccc3c2)cc(-c2c3ccccc3c(-c3ccccc3-c3cccc4ccccc34)c3ccccc23)c1. The molecule has 9 rings (SSSR count). The molecule has 9 aromatic carbocycles. The van der Waals surface area contributed by atoms with E-state index in [9.17, 15) is 0 Å². The van der Waals surface area contributed by atoms with E-state index in [2.05, 4.69) is 182 Å². The second-order valence-electron chi connectivity index (χ2n) is 12.1. The number of hydrogen-bond acceptors (Lipinski definition) is 0. The summed E-state index contributed by atoms with van der Waals surface area (Å²) < 4.78 is 0. The van der Waals surface area contributed by atoms with Crippen LogP contribution in [0.2, 0.25) is 0 Å².